The third-order valence-electron chi connectivity index (χ3n) is 2.91. The number of hydrogen-bond acceptors (Lipinski definition) is 3. The number of hydrogen-bond donors (Lipinski definition) is 1. The maximum Gasteiger partial charge on any atom is 0.246 e. The monoisotopic (exact) mass is 247 g/mol. The summed E-state index contributed by atoms with van der Waals surface area (Å²) in [5.41, 5.74) is 3.64. The minimum absolute atomic E-state index is 0.0181. The van der Waals surface area contributed by atoms with Crippen molar-refractivity contribution in [1.82, 2.24) is 5.48 Å². The van der Waals surface area contributed by atoms with Crippen molar-refractivity contribution in [3.63, 3.8) is 0 Å². The molecule has 4 heteroatoms. The SMILES string of the molecule is O=C(NOCc1csc2ccccc12)C1CC1. The van der Waals surface area contributed by atoms with Crippen LogP contribution in [0.5, 0.6) is 0 Å². The van der Waals surface area contributed by atoms with Crippen LogP contribution in [0, 0.1) is 5.92 Å². The molecule has 0 unspecified atom stereocenters. The van der Waals surface area contributed by atoms with Crippen molar-refractivity contribution in [3.05, 3.63) is 35.2 Å². The van der Waals surface area contributed by atoms with Gasteiger partial charge in [-0.2, -0.15) is 0 Å². The van der Waals surface area contributed by atoms with Gasteiger partial charge in [0.05, 0.1) is 0 Å². The molecule has 17 heavy (non-hydrogen) atoms. The van der Waals surface area contributed by atoms with Crippen LogP contribution in [0.3, 0.4) is 0 Å². The smallest absolute Gasteiger partial charge is 0.246 e. The fourth-order valence-corrected chi connectivity index (χ4v) is 2.71. The van der Waals surface area contributed by atoms with Gasteiger partial charge in [-0.05, 0) is 35.2 Å². The minimum Gasteiger partial charge on any atom is -0.273 e. The first-order valence-electron chi connectivity index (χ1n) is 5.71. The second-order valence-corrected chi connectivity index (χ2v) is 5.20. The number of nitrogens with one attached hydrogen (secondary N) is 1. The summed E-state index contributed by atoms with van der Waals surface area (Å²) in [5, 5.41) is 3.28. The Kier molecular flexibility index (Phi) is 2.82. The predicted octanol–water partition coefficient (Wildman–Crippen LogP) is 2.86. The predicted molar refractivity (Wildman–Crippen MR) is 67.5 cm³/mol. The van der Waals surface area contributed by atoms with Gasteiger partial charge < -0.3 is 0 Å². The van der Waals surface area contributed by atoms with Crippen molar-refractivity contribution >= 4 is 27.3 Å². The van der Waals surface area contributed by atoms with Gasteiger partial charge in [-0.3, -0.25) is 9.63 Å². The molecule has 1 aliphatic carbocycles. The lowest BCUT2D eigenvalue weighted by molar-refractivity contribution is -0.135. The van der Waals surface area contributed by atoms with Gasteiger partial charge in [0.15, 0.2) is 0 Å². The average Bonchev–Trinajstić information content (AvgIpc) is 3.12. The summed E-state index contributed by atoms with van der Waals surface area (Å²) in [7, 11) is 0. The van der Waals surface area contributed by atoms with Crippen molar-refractivity contribution < 1.29 is 9.63 Å². The average molecular weight is 247 g/mol. The molecule has 1 aromatic carbocycles. The molecule has 0 radical (unpaired) electrons. The molecule has 0 bridgehead atoms. The van der Waals surface area contributed by atoms with Crippen molar-refractivity contribution in [2.45, 2.75) is 19.4 Å². The zero-order valence-electron chi connectivity index (χ0n) is 9.31. The summed E-state index contributed by atoms with van der Waals surface area (Å²) >= 11 is 1.70. The summed E-state index contributed by atoms with van der Waals surface area (Å²) < 4.78 is 1.25. The Labute approximate surface area is 103 Å². The molecule has 2 aromatic rings. The van der Waals surface area contributed by atoms with Crippen molar-refractivity contribution in [3.8, 4) is 0 Å². The van der Waals surface area contributed by atoms with Crippen molar-refractivity contribution in [2.75, 3.05) is 0 Å². The van der Waals surface area contributed by atoms with E-state index in [0.29, 0.717) is 6.61 Å². The fourth-order valence-electron chi connectivity index (χ4n) is 1.76. The Morgan fingerprint density at radius 1 is 1.41 bits per heavy atom. The van der Waals surface area contributed by atoms with Crippen LogP contribution < -0.4 is 5.48 Å². The number of rotatable bonds is 4. The maximum absolute atomic E-state index is 11.4. The first-order chi connectivity index (χ1) is 8.34. The molecule has 0 atom stereocenters. The van der Waals surface area contributed by atoms with E-state index in [1.165, 1.54) is 10.1 Å². The highest BCUT2D eigenvalue weighted by Crippen LogP contribution is 2.29. The molecule has 1 fully saturated rings. The van der Waals surface area contributed by atoms with Crippen molar-refractivity contribution in [2.24, 2.45) is 5.92 Å². The largest absolute Gasteiger partial charge is 0.273 e. The molecular formula is C13H13NO2S. The van der Waals surface area contributed by atoms with Gasteiger partial charge >= 0.3 is 0 Å². The number of amides is 1. The molecule has 1 amide bonds. The van der Waals surface area contributed by atoms with Crippen LogP contribution >= 0.6 is 11.3 Å². The number of hydroxylamine groups is 1. The number of thiophene rings is 1. The van der Waals surface area contributed by atoms with E-state index in [-0.39, 0.29) is 11.8 Å². The van der Waals surface area contributed by atoms with Gasteiger partial charge in [-0.1, -0.05) is 18.2 Å². The molecule has 1 heterocycles. The molecule has 1 saturated carbocycles. The van der Waals surface area contributed by atoms with E-state index in [1.54, 1.807) is 11.3 Å². The zero-order valence-corrected chi connectivity index (χ0v) is 10.1. The molecule has 1 N–H and O–H groups in total. The highest BCUT2D eigenvalue weighted by atomic mass is 32.1. The van der Waals surface area contributed by atoms with Gasteiger partial charge in [-0.15, -0.1) is 11.3 Å². The van der Waals surface area contributed by atoms with E-state index in [1.807, 2.05) is 12.1 Å². The van der Waals surface area contributed by atoms with E-state index in [0.717, 1.165) is 18.4 Å². The van der Waals surface area contributed by atoms with Gasteiger partial charge in [0.25, 0.3) is 0 Å². The fraction of sp³-hybridized carbons (Fsp3) is 0.308. The second-order valence-electron chi connectivity index (χ2n) is 4.29. The Morgan fingerprint density at radius 2 is 2.24 bits per heavy atom. The van der Waals surface area contributed by atoms with E-state index in [2.05, 4.69) is 23.0 Å². The Balaban J connectivity index is 1.62. The molecule has 3 rings (SSSR count). The summed E-state index contributed by atoms with van der Waals surface area (Å²) in [6.07, 6.45) is 1.99. The lowest BCUT2D eigenvalue weighted by Crippen LogP contribution is -2.24. The van der Waals surface area contributed by atoms with Crippen LogP contribution in [-0.2, 0) is 16.2 Å². The Morgan fingerprint density at radius 3 is 3.06 bits per heavy atom. The lowest BCUT2D eigenvalue weighted by Gasteiger charge is -2.04. The third-order valence-corrected chi connectivity index (χ3v) is 3.92. The lowest BCUT2D eigenvalue weighted by atomic mass is 10.2. The summed E-state index contributed by atoms with van der Waals surface area (Å²) in [5.74, 6) is 0.207. The quantitative estimate of drug-likeness (QED) is 0.844. The molecule has 88 valence electrons. The number of benzene rings is 1. The van der Waals surface area contributed by atoms with Gasteiger partial charge in [0.1, 0.15) is 6.61 Å². The second kappa shape index (κ2) is 4.47. The molecule has 3 nitrogen and oxygen atoms in total. The maximum atomic E-state index is 11.4. The van der Waals surface area contributed by atoms with Gasteiger partial charge in [-0.25, -0.2) is 5.48 Å². The summed E-state index contributed by atoms with van der Waals surface area (Å²) in [4.78, 5) is 16.6. The standard InChI is InChI=1S/C13H13NO2S/c15-13(9-5-6-9)14-16-7-10-8-17-12-4-2-1-3-11(10)12/h1-4,8-9H,5-7H2,(H,14,15). The third kappa shape index (κ3) is 2.33. The molecule has 1 aliphatic rings. The van der Waals surface area contributed by atoms with Gasteiger partial charge in [0.2, 0.25) is 5.91 Å². The minimum atomic E-state index is 0.0181. The van der Waals surface area contributed by atoms with E-state index in [4.69, 9.17) is 4.84 Å². The van der Waals surface area contributed by atoms with E-state index in [9.17, 15) is 4.79 Å². The van der Waals surface area contributed by atoms with Crippen LogP contribution in [0.25, 0.3) is 10.1 Å². The molecule has 1 aromatic heterocycles. The van der Waals surface area contributed by atoms with Crippen LogP contribution in [0.1, 0.15) is 18.4 Å². The van der Waals surface area contributed by atoms with Gasteiger partial charge in [0, 0.05) is 10.6 Å². The van der Waals surface area contributed by atoms with Crippen LogP contribution in [-0.4, -0.2) is 5.91 Å². The van der Waals surface area contributed by atoms with E-state index < -0.39 is 0 Å². The zero-order chi connectivity index (χ0) is 11.7. The van der Waals surface area contributed by atoms with Crippen molar-refractivity contribution in [1.29, 1.82) is 0 Å². The number of carbonyl (C=O) groups is 1. The molecular weight excluding hydrogens is 234 g/mol. The Hall–Kier alpha value is -1.39. The highest BCUT2D eigenvalue weighted by molar-refractivity contribution is 7.17. The number of carbonyl (C=O) groups excluding carboxylic acids is 1. The Bertz CT molecular complexity index is 545. The van der Waals surface area contributed by atoms with Crippen LogP contribution in [0.2, 0.25) is 0 Å². The molecule has 0 saturated heterocycles. The number of fused-ring (bicyclic) bond motifs is 1. The highest BCUT2D eigenvalue weighted by Gasteiger charge is 2.29. The topological polar surface area (TPSA) is 38.3 Å². The summed E-state index contributed by atoms with van der Waals surface area (Å²) in [6, 6.07) is 8.21. The van der Waals surface area contributed by atoms with E-state index >= 15 is 0 Å². The molecule has 0 aliphatic heterocycles. The first kappa shape index (κ1) is 10.7. The first-order valence-corrected chi connectivity index (χ1v) is 6.59. The normalized spacial score (nSPS) is 15.1. The van der Waals surface area contributed by atoms with Crippen LogP contribution in [0.15, 0.2) is 29.6 Å². The molecule has 0 spiro atoms. The van der Waals surface area contributed by atoms with Crippen LogP contribution in [0.4, 0.5) is 0 Å². The summed E-state index contributed by atoms with van der Waals surface area (Å²) in [6.45, 7) is 0.433.